The molecule has 138 valence electrons. The van der Waals surface area contributed by atoms with E-state index in [4.69, 9.17) is 10.7 Å². The highest BCUT2D eigenvalue weighted by atomic mass is 15.1. The number of aromatic amines is 2. The summed E-state index contributed by atoms with van der Waals surface area (Å²) < 4.78 is 2.45. The Labute approximate surface area is 161 Å². The fourth-order valence-electron chi connectivity index (χ4n) is 4.69. The van der Waals surface area contributed by atoms with Crippen molar-refractivity contribution in [2.75, 3.05) is 6.54 Å². The van der Waals surface area contributed by atoms with Crippen LogP contribution in [0.15, 0.2) is 54.7 Å². The van der Waals surface area contributed by atoms with Gasteiger partial charge in [0.2, 0.25) is 0 Å². The molecule has 0 aliphatic carbocycles. The van der Waals surface area contributed by atoms with Gasteiger partial charge in [-0.1, -0.05) is 36.4 Å². The molecule has 0 radical (unpaired) electrons. The number of nitrogens with two attached hydrogens (primary N) is 1. The van der Waals surface area contributed by atoms with Crippen molar-refractivity contribution in [3.63, 3.8) is 0 Å². The summed E-state index contributed by atoms with van der Waals surface area (Å²) in [7, 11) is 0. The quantitative estimate of drug-likeness (QED) is 0.382. The molecule has 0 spiro atoms. The Hall–Kier alpha value is -3.31. The highest BCUT2D eigenvalue weighted by Crippen LogP contribution is 2.42. The van der Waals surface area contributed by atoms with E-state index in [0.29, 0.717) is 0 Å². The van der Waals surface area contributed by atoms with E-state index in [1.54, 1.807) is 0 Å². The molecule has 0 saturated heterocycles. The minimum atomic E-state index is 0.724. The highest BCUT2D eigenvalue weighted by Gasteiger charge is 2.21. The number of H-pyrrole nitrogens is 2. The number of nitrogens with one attached hydrogen (secondary N) is 2. The Bertz CT molecular complexity index is 1480. The monoisotopic (exact) mass is 367 g/mol. The van der Waals surface area contributed by atoms with Gasteiger partial charge in [-0.15, -0.1) is 0 Å². The van der Waals surface area contributed by atoms with Gasteiger partial charge in [0.15, 0.2) is 0 Å². The zero-order valence-corrected chi connectivity index (χ0v) is 15.5. The summed E-state index contributed by atoms with van der Waals surface area (Å²) in [6.07, 6.45) is 4.16. The van der Waals surface area contributed by atoms with Crippen LogP contribution < -0.4 is 5.73 Å². The summed E-state index contributed by atoms with van der Waals surface area (Å²) in [5.41, 5.74) is 11.5. The molecule has 0 unspecified atom stereocenters. The Morgan fingerprint density at radius 2 is 1.71 bits per heavy atom. The first-order valence-electron chi connectivity index (χ1n) is 9.85. The van der Waals surface area contributed by atoms with E-state index >= 15 is 0 Å². The number of para-hydroxylation sites is 2. The molecule has 5 heteroatoms. The lowest BCUT2D eigenvalue weighted by molar-refractivity contribution is 0.643. The number of aromatic nitrogens is 4. The molecule has 0 aliphatic heterocycles. The Morgan fingerprint density at radius 1 is 0.893 bits per heavy atom. The SMILES string of the molecule is NCCCCn1c2ccccc2c2c3c[nH][nH]c3c3c4ccccc4nc3c21. The van der Waals surface area contributed by atoms with Gasteiger partial charge in [0.05, 0.1) is 22.1 Å². The highest BCUT2D eigenvalue weighted by molar-refractivity contribution is 6.34. The van der Waals surface area contributed by atoms with Crippen molar-refractivity contribution in [2.45, 2.75) is 19.4 Å². The van der Waals surface area contributed by atoms with E-state index in [0.717, 1.165) is 42.5 Å². The second kappa shape index (κ2) is 5.84. The normalized spacial score (nSPS) is 12.3. The standard InChI is InChI=1S/C23H21N5/c24-11-5-6-12-28-18-10-4-2-8-15(18)19-16-13-25-27-21(16)20-14-7-1-3-9-17(14)26-22(20)23(19)28/h1-4,7-10,13,25,27H,5-6,11-12,24H2. The zero-order chi connectivity index (χ0) is 18.7. The summed E-state index contributed by atoms with van der Waals surface area (Å²) >= 11 is 0. The van der Waals surface area contributed by atoms with Crippen LogP contribution >= 0.6 is 0 Å². The maximum Gasteiger partial charge on any atom is 0.0981 e. The van der Waals surface area contributed by atoms with Gasteiger partial charge < -0.3 is 20.5 Å². The van der Waals surface area contributed by atoms with Crippen molar-refractivity contribution < 1.29 is 0 Å². The summed E-state index contributed by atoms with van der Waals surface area (Å²) in [6.45, 7) is 1.67. The molecular weight excluding hydrogens is 346 g/mol. The van der Waals surface area contributed by atoms with Crippen molar-refractivity contribution in [2.24, 2.45) is 5.73 Å². The van der Waals surface area contributed by atoms with Gasteiger partial charge >= 0.3 is 0 Å². The molecule has 28 heavy (non-hydrogen) atoms. The van der Waals surface area contributed by atoms with Crippen LogP contribution in [0.4, 0.5) is 0 Å². The maximum absolute atomic E-state index is 5.77. The number of hydrogen-bond donors (Lipinski definition) is 3. The van der Waals surface area contributed by atoms with Gasteiger partial charge in [0, 0.05) is 45.2 Å². The smallest absolute Gasteiger partial charge is 0.0981 e. The van der Waals surface area contributed by atoms with Crippen LogP contribution in [0.3, 0.4) is 0 Å². The minimum absolute atomic E-state index is 0.724. The predicted octanol–water partition coefficient (Wildman–Crippen LogP) is 5.04. The van der Waals surface area contributed by atoms with Crippen LogP contribution in [0.1, 0.15) is 12.8 Å². The van der Waals surface area contributed by atoms with Crippen molar-refractivity contribution >= 4 is 54.5 Å². The number of hydrogen-bond acceptors (Lipinski definition) is 2. The van der Waals surface area contributed by atoms with Crippen molar-refractivity contribution in [1.82, 2.24) is 19.7 Å². The number of unbranched alkanes of at least 4 members (excludes halogenated alkanes) is 1. The van der Waals surface area contributed by atoms with Gasteiger partial charge in [0.1, 0.15) is 0 Å². The number of rotatable bonds is 4. The minimum Gasteiger partial charge on any atom is -0.339 e. The van der Waals surface area contributed by atoms with E-state index in [1.807, 2.05) is 0 Å². The molecule has 5 nitrogen and oxygen atoms in total. The Kier molecular flexibility index (Phi) is 3.28. The van der Waals surface area contributed by atoms with Gasteiger partial charge in [-0.2, -0.15) is 0 Å². The summed E-state index contributed by atoms with van der Waals surface area (Å²) in [5, 5.41) is 12.7. The lowest BCUT2D eigenvalue weighted by Gasteiger charge is -2.08. The number of aryl methyl sites for hydroxylation is 1. The van der Waals surface area contributed by atoms with E-state index in [-0.39, 0.29) is 0 Å². The molecule has 0 bridgehead atoms. The van der Waals surface area contributed by atoms with E-state index in [9.17, 15) is 0 Å². The predicted molar refractivity (Wildman–Crippen MR) is 117 cm³/mol. The first kappa shape index (κ1) is 15.7. The lowest BCUT2D eigenvalue weighted by atomic mass is 10.0. The van der Waals surface area contributed by atoms with Crippen LogP contribution in [0.2, 0.25) is 0 Å². The molecule has 4 N–H and O–H groups in total. The molecule has 0 aliphatic rings. The van der Waals surface area contributed by atoms with Crippen molar-refractivity contribution in [3.8, 4) is 0 Å². The molecular formula is C23H21N5. The van der Waals surface area contributed by atoms with Crippen molar-refractivity contribution in [3.05, 3.63) is 54.7 Å². The molecule has 0 amide bonds. The molecule has 3 aromatic heterocycles. The van der Waals surface area contributed by atoms with Gasteiger partial charge in [0.25, 0.3) is 0 Å². The zero-order valence-electron chi connectivity index (χ0n) is 15.5. The third kappa shape index (κ3) is 1.97. The second-order valence-corrected chi connectivity index (χ2v) is 7.44. The molecule has 3 heterocycles. The summed E-state index contributed by atoms with van der Waals surface area (Å²) in [4.78, 5) is 5.08. The molecule has 6 aromatic rings. The Balaban J connectivity index is 1.88. The van der Waals surface area contributed by atoms with Crippen LogP contribution in [0.25, 0.3) is 54.5 Å². The van der Waals surface area contributed by atoms with Crippen LogP contribution in [-0.2, 0) is 6.54 Å². The largest absolute Gasteiger partial charge is 0.339 e. The van der Waals surface area contributed by atoms with Crippen molar-refractivity contribution in [1.29, 1.82) is 0 Å². The number of benzene rings is 3. The van der Waals surface area contributed by atoms with E-state index < -0.39 is 0 Å². The first-order valence-corrected chi connectivity index (χ1v) is 9.85. The molecule has 0 atom stereocenters. The molecule has 3 aromatic carbocycles. The lowest BCUT2D eigenvalue weighted by Crippen LogP contribution is -2.03. The number of fused-ring (bicyclic) bond motifs is 10. The Morgan fingerprint density at radius 3 is 2.61 bits per heavy atom. The fraction of sp³-hybridized carbons (Fsp3) is 0.174. The molecule has 0 saturated carbocycles. The van der Waals surface area contributed by atoms with Crippen LogP contribution in [0.5, 0.6) is 0 Å². The van der Waals surface area contributed by atoms with Gasteiger partial charge in [-0.25, -0.2) is 4.98 Å². The third-order valence-corrected chi connectivity index (χ3v) is 5.88. The average molecular weight is 367 g/mol. The van der Waals surface area contributed by atoms with Gasteiger partial charge in [-0.3, -0.25) is 0 Å². The van der Waals surface area contributed by atoms with E-state index in [2.05, 4.69) is 69.5 Å². The summed E-state index contributed by atoms with van der Waals surface area (Å²) in [5.74, 6) is 0. The molecule has 6 rings (SSSR count). The third-order valence-electron chi connectivity index (χ3n) is 5.88. The van der Waals surface area contributed by atoms with Crippen LogP contribution in [0, 0.1) is 0 Å². The second-order valence-electron chi connectivity index (χ2n) is 7.44. The number of nitrogens with zero attached hydrogens (tertiary/aromatic N) is 2. The fourth-order valence-corrected chi connectivity index (χ4v) is 4.69. The average Bonchev–Trinajstić information content (AvgIpc) is 3.41. The topological polar surface area (TPSA) is 75.4 Å². The van der Waals surface area contributed by atoms with Gasteiger partial charge in [-0.05, 0) is 31.5 Å². The van der Waals surface area contributed by atoms with Crippen LogP contribution in [-0.4, -0.2) is 26.3 Å². The summed E-state index contributed by atoms with van der Waals surface area (Å²) in [6, 6.07) is 17.1. The molecule has 0 fully saturated rings. The first-order chi connectivity index (χ1) is 13.9. The maximum atomic E-state index is 5.77. The van der Waals surface area contributed by atoms with E-state index in [1.165, 1.54) is 38.0 Å².